The van der Waals surface area contributed by atoms with Gasteiger partial charge in [0.25, 0.3) is 5.91 Å². The minimum absolute atomic E-state index is 0.250. The first-order valence-electron chi connectivity index (χ1n) is 8.87. The van der Waals surface area contributed by atoms with Gasteiger partial charge in [0.1, 0.15) is 17.9 Å². The third-order valence-electron chi connectivity index (χ3n) is 4.65. The monoisotopic (exact) mass is 364 g/mol. The zero-order valence-corrected chi connectivity index (χ0v) is 15.9. The van der Waals surface area contributed by atoms with E-state index in [4.69, 9.17) is 4.74 Å². The molecule has 0 spiro atoms. The lowest BCUT2D eigenvalue weighted by Gasteiger charge is -2.22. The van der Waals surface area contributed by atoms with E-state index in [1.165, 1.54) is 4.90 Å². The van der Waals surface area contributed by atoms with E-state index in [1.807, 2.05) is 38.1 Å². The number of nitrogens with one attached hydrogen (secondary N) is 1. The first-order chi connectivity index (χ1) is 12.8. The highest BCUT2D eigenvalue weighted by molar-refractivity contribution is 6.07. The Bertz CT molecular complexity index is 871. The molecule has 3 amide bonds. The summed E-state index contributed by atoms with van der Waals surface area (Å²) in [6, 6.07) is 14.6. The van der Waals surface area contributed by atoms with Crippen LogP contribution in [0.15, 0.2) is 60.7 Å². The van der Waals surface area contributed by atoms with E-state index in [0.29, 0.717) is 12.4 Å². The Morgan fingerprint density at radius 1 is 1.11 bits per heavy atom. The molecule has 0 saturated carbocycles. The second kappa shape index (κ2) is 7.27. The Morgan fingerprint density at radius 2 is 1.74 bits per heavy atom. The number of benzene rings is 2. The number of imide groups is 1. The molecule has 1 fully saturated rings. The molecule has 1 aliphatic rings. The normalized spacial score (nSPS) is 19.1. The maximum Gasteiger partial charge on any atom is 0.325 e. The fourth-order valence-electron chi connectivity index (χ4n) is 3.00. The molecule has 1 N–H and O–H groups in total. The first kappa shape index (κ1) is 18.7. The van der Waals surface area contributed by atoms with Crippen molar-refractivity contribution in [2.24, 2.45) is 0 Å². The van der Waals surface area contributed by atoms with Crippen LogP contribution in [0.1, 0.15) is 30.5 Å². The Hall–Kier alpha value is -3.08. The molecule has 140 valence electrons. The SMILES string of the molecule is C=C(C)COc1ccc(C2(C)NC(=O)N(Cc3ccc(C)cc3)C2=O)cc1. The molecular formula is C22H24N2O3. The summed E-state index contributed by atoms with van der Waals surface area (Å²) in [6.45, 7) is 10.1. The van der Waals surface area contributed by atoms with Crippen molar-refractivity contribution in [1.29, 1.82) is 0 Å². The maximum atomic E-state index is 13.0. The van der Waals surface area contributed by atoms with Crippen LogP contribution in [0, 0.1) is 6.92 Å². The molecular weight excluding hydrogens is 340 g/mol. The number of nitrogens with zero attached hydrogens (tertiary/aromatic N) is 1. The maximum absolute atomic E-state index is 13.0. The zero-order chi connectivity index (χ0) is 19.6. The molecule has 1 heterocycles. The van der Waals surface area contributed by atoms with Crippen molar-refractivity contribution in [3.63, 3.8) is 0 Å². The fourth-order valence-corrected chi connectivity index (χ4v) is 3.00. The van der Waals surface area contributed by atoms with Gasteiger partial charge < -0.3 is 10.1 Å². The number of amides is 3. The number of carbonyl (C=O) groups is 2. The van der Waals surface area contributed by atoms with Crippen LogP contribution in [0.25, 0.3) is 0 Å². The Morgan fingerprint density at radius 3 is 2.33 bits per heavy atom. The minimum atomic E-state index is -1.09. The predicted octanol–water partition coefficient (Wildman–Crippen LogP) is 3.92. The average molecular weight is 364 g/mol. The Labute approximate surface area is 159 Å². The van der Waals surface area contributed by atoms with Gasteiger partial charge in [0.05, 0.1) is 6.54 Å². The molecule has 0 aliphatic carbocycles. The van der Waals surface area contributed by atoms with Gasteiger partial charge in [-0.05, 0) is 49.6 Å². The van der Waals surface area contributed by atoms with Gasteiger partial charge in [0, 0.05) is 0 Å². The fraction of sp³-hybridized carbons (Fsp3) is 0.273. The minimum Gasteiger partial charge on any atom is -0.489 e. The van der Waals surface area contributed by atoms with Gasteiger partial charge in [-0.25, -0.2) is 4.79 Å². The summed E-state index contributed by atoms with van der Waals surface area (Å²) in [6.07, 6.45) is 0. The summed E-state index contributed by atoms with van der Waals surface area (Å²) in [5, 5.41) is 2.83. The second-order valence-electron chi connectivity index (χ2n) is 7.20. The predicted molar refractivity (Wildman–Crippen MR) is 104 cm³/mol. The van der Waals surface area contributed by atoms with Crippen molar-refractivity contribution in [3.05, 3.63) is 77.4 Å². The molecule has 1 atom stereocenters. The number of aryl methyl sites for hydroxylation is 1. The highest BCUT2D eigenvalue weighted by atomic mass is 16.5. The van der Waals surface area contributed by atoms with Gasteiger partial charge in [-0.15, -0.1) is 0 Å². The van der Waals surface area contributed by atoms with Crippen LogP contribution in [-0.2, 0) is 16.9 Å². The molecule has 0 bridgehead atoms. The molecule has 1 unspecified atom stereocenters. The number of rotatable bonds is 6. The Kier molecular flexibility index (Phi) is 5.04. The van der Waals surface area contributed by atoms with E-state index in [1.54, 1.807) is 31.2 Å². The highest BCUT2D eigenvalue weighted by Gasteiger charge is 2.48. The van der Waals surface area contributed by atoms with Crippen LogP contribution in [-0.4, -0.2) is 23.4 Å². The molecule has 2 aromatic carbocycles. The number of hydrogen-bond donors (Lipinski definition) is 1. The van der Waals surface area contributed by atoms with Crippen LogP contribution < -0.4 is 10.1 Å². The lowest BCUT2D eigenvalue weighted by Crippen LogP contribution is -2.40. The average Bonchev–Trinajstić information content (AvgIpc) is 2.86. The van der Waals surface area contributed by atoms with Crippen molar-refractivity contribution in [1.82, 2.24) is 10.2 Å². The summed E-state index contributed by atoms with van der Waals surface area (Å²) in [5.74, 6) is 0.433. The molecule has 1 saturated heterocycles. The van der Waals surface area contributed by atoms with Crippen molar-refractivity contribution in [3.8, 4) is 5.75 Å². The van der Waals surface area contributed by atoms with Crippen molar-refractivity contribution in [2.75, 3.05) is 6.61 Å². The molecule has 3 rings (SSSR count). The van der Waals surface area contributed by atoms with E-state index in [-0.39, 0.29) is 18.5 Å². The first-order valence-corrected chi connectivity index (χ1v) is 8.87. The van der Waals surface area contributed by atoms with Gasteiger partial charge in [0.15, 0.2) is 0 Å². The number of hydrogen-bond acceptors (Lipinski definition) is 3. The largest absolute Gasteiger partial charge is 0.489 e. The molecule has 0 aromatic heterocycles. The molecule has 5 nitrogen and oxygen atoms in total. The molecule has 27 heavy (non-hydrogen) atoms. The molecule has 0 radical (unpaired) electrons. The van der Waals surface area contributed by atoms with Gasteiger partial charge in [-0.1, -0.05) is 48.5 Å². The molecule has 2 aromatic rings. The number of ether oxygens (including phenoxy) is 1. The quantitative estimate of drug-likeness (QED) is 0.624. The molecule has 5 heteroatoms. The highest BCUT2D eigenvalue weighted by Crippen LogP contribution is 2.31. The van der Waals surface area contributed by atoms with E-state index >= 15 is 0 Å². The number of urea groups is 1. The Balaban J connectivity index is 1.77. The molecule has 1 aliphatic heterocycles. The second-order valence-corrected chi connectivity index (χ2v) is 7.20. The van der Waals surface area contributed by atoms with Gasteiger partial charge >= 0.3 is 6.03 Å². The van der Waals surface area contributed by atoms with Crippen LogP contribution in [0.2, 0.25) is 0 Å². The van der Waals surface area contributed by atoms with Crippen molar-refractivity contribution in [2.45, 2.75) is 32.9 Å². The summed E-state index contributed by atoms with van der Waals surface area (Å²) < 4.78 is 5.59. The summed E-state index contributed by atoms with van der Waals surface area (Å²) in [4.78, 5) is 26.7. The van der Waals surface area contributed by atoms with Crippen molar-refractivity contribution < 1.29 is 14.3 Å². The van der Waals surface area contributed by atoms with Gasteiger partial charge in [-0.3, -0.25) is 9.69 Å². The van der Waals surface area contributed by atoms with Gasteiger partial charge in [-0.2, -0.15) is 0 Å². The summed E-state index contributed by atoms with van der Waals surface area (Å²) >= 11 is 0. The van der Waals surface area contributed by atoms with E-state index in [9.17, 15) is 9.59 Å². The zero-order valence-electron chi connectivity index (χ0n) is 15.9. The third-order valence-corrected chi connectivity index (χ3v) is 4.65. The van der Waals surface area contributed by atoms with Crippen LogP contribution in [0.3, 0.4) is 0 Å². The third kappa shape index (κ3) is 3.87. The lowest BCUT2D eigenvalue weighted by molar-refractivity contribution is -0.131. The van der Waals surface area contributed by atoms with Crippen LogP contribution in [0.5, 0.6) is 5.75 Å². The standard InChI is InChI=1S/C22H24N2O3/c1-15(2)14-27-19-11-9-18(10-12-19)22(4)20(25)24(21(26)23-22)13-17-7-5-16(3)6-8-17/h5-12H,1,13-14H2,2-4H3,(H,23,26). The van der Waals surface area contributed by atoms with Crippen LogP contribution >= 0.6 is 0 Å². The van der Waals surface area contributed by atoms with E-state index in [2.05, 4.69) is 11.9 Å². The van der Waals surface area contributed by atoms with Crippen LogP contribution in [0.4, 0.5) is 4.79 Å². The van der Waals surface area contributed by atoms with E-state index in [0.717, 1.165) is 22.3 Å². The summed E-state index contributed by atoms with van der Waals surface area (Å²) in [7, 11) is 0. The lowest BCUT2D eigenvalue weighted by atomic mass is 9.92. The number of carbonyl (C=O) groups excluding carboxylic acids is 2. The van der Waals surface area contributed by atoms with E-state index < -0.39 is 5.54 Å². The smallest absolute Gasteiger partial charge is 0.325 e. The topological polar surface area (TPSA) is 58.6 Å². The van der Waals surface area contributed by atoms with Gasteiger partial charge in [0.2, 0.25) is 0 Å². The van der Waals surface area contributed by atoms with Crippen molar-refractivity contribution >= 4 is 11.9 Å². The summed E-state index contributed by atoms with van der Waals surface area (Å²) in [5.41, 5.74) is 2.60.